The number of hydrogen-bond donors (Lipinski definition) is 2. The van der Waals surface area contributed by atoms with Crippen LogP contribution >= 0.6 is 0 Å². The van der Waals surface area contributed by atoms with Crippen LogP contribution in [0.3, 0.4) is 0 Å². The smallest absolute Gasteiger partial charge is 0.234 e. The highest BCUT2D eigenvalue weighted by Gasteiger charge is 2.12. The molecular weight excluding hydrogens is 204 g/mol. The van der Waals surface area contributed by atoms with Gasteiger partial charge in [-0.05, 0) is 5.41 Å². The van der Waals surface area contributed by atoms with Crippen LogP contribution in [0.1, 0.15) is 32.2 Å². The molecule has 0 radical (unpaired) electrons. The quantitative estimate of drug-likeness (QED) is 0.802. The third kappa shape index (κ3) is 3.48. The molecule has 1 aromatic rings. The van der Waals surface area contributed by atoms with Gasteiger partial charge in [-0.15, -0.1) is 0 Å². The summed E-state index contributed by atoms with van der Waals surface area (Å²) in [5, 5.41) is 20.9. The maximum Gasteiger partial charge on any atom is 0.234 e. The number of nitrogens with one attached hydrogen (secondary N) is 1. The molecule has 0 atom stereocenters. The van der Waals surface area contributed by atoms with Crippen molar-refractivity contribution in [2.45, 2.75) is 27.4 Å². The number of anilines is 1. The van der Waals surface area contributed by atoms with Gasteiger partial charge in [0, 0.05) is 18.3 Å². The van der Waals surface area contributed by atoms with Crippen molar-refractivity contribution < 1.29 is 5.11 Å². The minimum absolute atomic E-state index is 0.102. The van der Waals surface area contributed by atoms with E-state index in [0.717, 1.165) is 0 Å². The largest absolute Gasteiger partial charge is 0.391 e. The van der Waals surface area contributed by atoms with Gasteiger partial charge in [-0.2, -0.15) is 5.26 Å². The zero-order chi connectivity index (χ0) is 12.2. The van der Waals surface area contributed by atoms with Gasteiger partial charge < -0.3 is 10.4 Å². The average molecular weight is 220 g/mol. The number of aromatic nitrogens is 2. The average Bonchev–Trinajstić information content (AvgIpc) is 2.25. The van der Waals surface area contributed by atoms with E-state index in [-0.39, 0.29) is 17.8 Å². The second-order valence-corrected chi connectivity index (χ2v) is 4.75. The second kappa shape index (κ2) is 4.90. The molecule has 0 amide bonds. The summed E-state index contributed by atoms with van der Waals surface area (Å²) in [5.41, 5.74) is 0.702. The summed E-state index contributed by atoms with van der Waals surface area (Å²) in [4.78, 5) is 7.82. The maximum absolute atomic E-state index is 9.11. The lowest BCUT2D eigenvalue weighted by Crippen LogP contribution is -2.20. The molecule has 86 valence electrons. The summed E-state index contributed by atoms with van der Waals surface area (Å²) < 4.78 is 0. The van der Waals surface area contributed by atoms with Gasteiger partial charge in [-0.25, -0.2) is 9.97 Å². The van der Waals surface area contributed by atoms with Gasteiger partial charge in [0.25, 0.3) is 0 Å². The van der Waals surface area contributed by atoms with Gasteiger partial charge in [-0.3, -0.25) is 0 Å². The van der Waals surface area contributed by atoms with Gasteiger partial charge >= 0.3 is 0 Å². The van der Waals surface area contributed by atoms with E-state index < -0.39 is 0 Å². The first-order chi connectivity index (χ1) is 7.46. The maximum atomic E-state index is 9.11. The Morgan fingerprint density at radius 3 is 2.69 bits per heavy atom. The lowest BCUT2D eigenvalue weighted by Gasteiger charge is -2.20. The highest BCUT2D eigenvalue weighted by atomic mass is 16.3. The van der Waals surface area contributed by atoms with Crippen molar-refractivity contribution in [1.82, 2.24) is 9.97 Å². The van der Waals surface area contributed by atoms with Crippen molar-refractivity contribution in [3.8, 4) is 6.07 Å². The van der Waals surface area contributed by atoms with Gasteiger partial charge in [0.1, 0.15) is 11.9 Å². The number of nitriles is 1. The Morgan fingerprint density at radius 2 is 2.19 bits per heavy atom. The Morgan fingerprint density at radius 1 is 1.50 bits per heavy atom. The summed E-state index contributed by atoms with van der Waals surface area (Å²) >= 11 is 0. The fraction of sp³-hybridized carbons (Fsp3) is 0.545. The molecule has 0 aliphatic carbocycles. The molecule has 0 fully saturated rings. The summed E-state index contributed by atoms with van der Waals surface area (Å²) in [7, 11) is 0. The minimum atomic E-state index is -0.141. The molecule has 0 saturated carbocycles. The van der Waals surface area contributed by atoms with Crippen LogP contribution in [0.2, 0.25) is 0 Å². The Labute approximate surface area is 95.2 Å². The highest BCUT2D eigenvalue weighted by Crippen LogP contribution is 2.17. The van der Waals surface area contributed by atoms with Crippen molar-refractivity contribution in [2.24, 2.45) is 5.41 Å². The van der Waals surface area contributed by atoms with Crippen LogP contribution in [-0.4, -0.2) is 21.6 Å². The molecule has 1 aromatic heterocycles. The predicted molar refractivity (Wildman–Crippen MR) is 60.6 cm³/mol. The second-order valence-electron chi connectivity index (χ2n) is 4.75. The summed E-state index contributed by atoms with van der Waals surface area (Å²) in [5.74, 6) is 0.637. The Kier molecular flexibility index (Phi) is 3.80. The SMILES string of the molecule is CC(C)(C)CNc1nc(C#N)ncc1CO. The highest BCUT2D eigenvalue weighted by molar-refractivity contribution is 5.43. The van der Waals surface area contributed by atoms with Gasteiger partial charge in [-0.1, -0.05) is 20.8 Å². The Bertz CT molecular complexity index is 403. The van der Waals surface area contributed by atoms with Crippen LogP contribution in [0.5, 0.6) is 0 Å². The molecule has 1 heterocycles. The van der Waals surface area contributed by atoms with Crippen molar-refractivity contribution in [3.63, 3.8) is 0 Å². The first-order valence-corrected chi connectivity index (χ1v) is 5.07. The van der Waals surface area contributed by atoms with Gasteiger partial charge in [0.05, 0.1) is 6.61 Å². The van der Waals surface area contributed by atoms with Crippen molar-refractivity contribution in [3.05, 3.63) is 17.6 Å². The van der Waals surface area contributed by atoms with Gasteiger partial charge in [0.15, 0.2) is 0 Å². The number of aliphatic hydroxyl groups excluding tert-OH is 1. The monoisotopic (exact) mass is 220 g/mol. The lowest BCUT2D eigenvalue weighted by atomic mass is 9.97. The fourth-order valence-electron chi connectivity index (χ4n) is 1.08. The van der Waals surface area contributed by atoms with Crippen molar-refractivity contribution >= 4 is 5.82 Å². The zero-order valence-corrected chi connectivity index (χ0v) is 9.78. The van der Waals surface area contributed by atoms with E-state index >= 15 is 0 Å². The number of rotatable bonds is 3. The summed E-state index contributed by atoms with van der Waals surface area (Å²) in [6, 6.07) is 1.87. The fourth-order valence-corrected chi connectivity index (χ4v) is 1.08. The molecule has 16 heavy (non-hydrogen) atoms. The van der Waals surface area contributed by atoms with Crippen LogP contribution in [0, 0.1) is 16.7 Å². The van der Waals surface area contributed by atoms with Crippen LogP contribution in [0.15, 0.2) is 6.20 Å². The topological polar surface area (TPSA) is 81.8 Å². The first-order valence-electron chi connectivity index (χ1n) is 5.07. The molecule has 0 aliphatic rings. The predicted octanol–water partition coefficient (Wildman–Crippen LogP) is 1.30. The standard InChI is InChI=1S/C11H16N4O/c1-11(2,3)7-14-10-8(6-16)5-13-9(4-12)15-10/h5,16H,6-7H2,1-3H3,(H,13,14,15). The third-order valence-electron chi connectivity index (χ3n) is 1.92. The molecule has 0 bridgehead atoms. The molecule has 0 aromatic carbocycles. The normalized spacial score (nSPS) is 10.9. The Hall–Kier alpha value is -1.67. The number of hydrogen-bond acceptors (Lipinski definition) is 5. The summed E-state index contributed by atoms with van der Waals surface area (Å²) in [6.45, 7) is 6.83. The third-order valence-corrected chi connectivity index (χ3v) is 1.92. The van der Waals surface area contributed by atoms with Crippen molar-refractivity contribution in [2.75, 3.05) is 11.9 Å². The molecule has 0 saturated heterocycles. The van der Waals surface area contributed by atoms with E-state index in [1.165, 1.54) is 6.20 Å². The summed E-state index contributed by atoms with van der Waals surface area (Å²) in [6.07, 6.45) is 1.47. The number of aliphatic hydroxyl groups is 1. The molecule has 0 aliphatic heterocycles. The van der Waals surface area contributed by atoms with Crippen LogP contribution in [0.4, 0.5) is 5.82 Å². The molecule has 1 rings (SSSR count). The number of nitrogens with zero attached hydrogens (tertiary/aromatic N) is 3. The lowest BCUT2D eigenvalue weighted by molar-refractivity contribution is 0.281. The molecule has 2 N–H and O–H groups in total. The molecule has 0 unspecified atom stereocenters. The van der Waals surface area contributed by atoms with E-state index in [1.807, 2.05) is 6.07 Å². The molecule has 5 nitrogen and oxygen atoms in total. The van der Waals surface area contributed by atoms with Gasteiger partial charge in [0.2, 0.25) is 5.82 Å². The Balaban J connectivity index is 2.88. The van der Waals surface area contributed by atoms with Crippen LogP contribution in [-0.2, 0) is 6.61 Å². The first kappa shape index (κ1) is 12.4. The van der Waals surface area contributed by atoms with Crippen LogP contribution < -0.4 is 5.32 Å². The zero-order valence-electron chi connectivity index (χ0n) is 9.78. The van der Waals surface area contributed by atoms with E-state index in [1.54, 1.807) is 0 Å². The molecular formula is C11H16N4O. The van der Waals surface area contributed by atoms with E-state index in [2.05, 4.69) is 36.1 Å². The van der Waals surface area contributed by atoms with Crippen molar-refractivity contribution in [1.29, 1.82) is 5.26 Å². The van der Waals surface area contributed by atoms with E-state index in [4.69, 9.17) is 10.4 Å². The van der Waals surface area contributed by atoms with Crippen LogP contribution in [0.25, 0.3) is 0 Å². The van der Waals surface area contributed by atoms with E-state index in [0.29, 0.717) is 17.9 Å². The minimum Gasteiger partial charge on any atom is -0.391 e. The molecule has 0 spiro atoms. The van der Waals surface area contributed by atoms with E-state index in [9.17, 15) is 0 Å². The molecule has 5 heteroatoms.